The van der Waals surface area contributed by atoms with Gasteiger partial charge in [0.25, 0.3) is 0 Å². The molecule has 2 atom stereocenters. The van der Waals surface area contributed by atoms with Crippen LogP contribution < -0.4 is 5.32 Å². The zero-order valence-corrected chi connectivity index (χ0v) is 8.76. The molecule has 1 aliphatic carbocycles. The molecule has 0 spiro atoms. The molecule has 2 unspecified atom stereocenters. The number of hydrogen-bond donors (Lipinski definition) is 1. The normalized spacial score (nSPS) is 28.1. The molecule has 0 aromatic carbocycles. The Morgan fingerprint density at radius 1 is 1.62 bits per heavy atom. The van der Waals surface area contributed by atoms with Crippen molar-refractivity contribution in [3.63, 3.8) is 0 Å². The number of carbonyl (C=O) groups excluding carboxylic acids is 1. The van der Waals surface area contributed by atoms with E-state index in [2.05, 4.69) is 25.2 Å². The molecule has 1 aliphatic rings. The van der Waals surface area contributed by atoms with Gasteiger partial charge in [-0.3, -0.25) is 4.79 Å². The minimum Gasteiger partial charge on any atom is -0.359 e. The predicted octanol–water partition coefficient (Wildman–Crippen LogP) is 2.11. The Morgan fingerprint density at radius 3 is 2.85 bits per heavy atom. The largest absolute Gasteiger partial charge is 0.359 e. The average Bonchev–Trinajstić information content (AvgIpc) is 2.16. The van der Waals surface area contributed by atoms with Crippen molar-refractivity contribution in [3.05, 3.63) is 11.6 Å². The molecule has 0 saturated carbocycles. The maximum Gasteiger partial charge on any atom is 0.226 e. The third kappa shape index (κ3) is 2.33. The van der Waals surface area contributed by atoms with Crippen LogP contribution in [0, 0.1) is 11.8 Å². The van der Waals surface area contributed by atoms with Gasteiger partial charge in [0.2, 0.25) is 5.91 Å². The van der Waals surface area contributed by atoms with Crippen molar-refractivity contribution in [2.75, 3.05) is 7.05 Å². The fourth-order valence-electron chi connectivity index (χ4n) is 2.02. The monoisotopic (exact) mass is 181 g/mol. The van der Waals surface area contributed by atoms with Crippen molar-refractivity contribution in [1.82, 2.24) is 5.32 Å². The van der Waals surface area contributed by atoms with Gasteiger partial charge in [0, 0.05) is 7.05 Å². The van der Waals surface area contributed by atoms with Crippen molar-refractivity contribution in [3.8, 4) is 0 Å². The predicted molar refractivity (Wildman–Crippen MR) is 54.3 cm³/mol. The van der Waals surface area contributed by atoms with Crippen LogP contribution in [-0.4, -0.2) is 13.0 Å². The van der Waals surface area contributed by atoms with Gasteiger partial charge in [-0.1, -0.05) is 25.5 Å². The zero-order valence-electron chi connectivity index (χ0n) is 8.76. The topological polar surface area (TPSA) is 29.1 Å². The van der Waals surface area contributed by atoms with Gasteiger partial charge in [0.15, 0.2) is 0 Å². The summed E-state index contributed by atoms with van der Waals surface area (Å²) in [6.45, 7) is 4.34. The van der Waals surface area contributed by atoms with E-state index < -0.39 is 0 Å². The molecule has 1 rings (SSSR count). The van der Waals surface area contributed by atoms with Gasteiger partial charge in [-0.05, 0) is 25.2 Å². The first-order valence-electron chi connectivity index (χ1n) is 5.11. The van der Waals surface area contributed by atoms with Crippen molar-refractivity contribution in [1.29, 1.82) is 0 Å². The fourth-order valence-corrected chi connectivity index (χ4v) is 2.02. The smallest absolute Gasteiger partial charge is 0.226 e. The minimum atomic E-state index is 0.145. The maximum atomic E-state index is 11.5. The second-order valence-electron chi connectivity index (χ2n) is 3.82. The molecule has 0 radical (unpaired) electrons. The van der Waals surface area contributed by atoms with Crippen LogP contribution in [0.4, 0.5) is 0 Å². The molecule has 1 N–H and O–H groups in total. The molecule has 2 heteroatoms. The van der Waals surface area contributed by atoms with Crippen molar-refractivity contribution in [2.24, 2.45) is 11.8 Å². The highest BCUT2D eigenvalue weighted by atomic mass is 16.1. The molecule has 0 fully saturated rings. The van der Waals surface area contributed by atoms with Crippen LogP contribution in [0.1, 0.15) is 33.1 Å². The molecular formula is C11H19NO. The Morgan fingerprint density at radius 2 is 2.31 bits per heavy atom. The summed E-state index contributed by atoms with van der Waals surface area (Å²) < 4.78 is 0. The van der Waals surface area contributed by atoms with Gasteiger partial charge in [0.1, 0.15) is 0 Å². The Bertz CT molecular complexity index is 220. The summed E-state index contributed by atoms with van der Waals surface area (Å²) in [6, 6.07) is 0. The number of nitrogens with one attached hydrogen (secondary N) is 1. The maximum absolute atomic E-state index is 11.5. The minimum absolute atomic E-state index is 0.145. The van der Waals surface area contributed by atoms with Crippen LogP contribution in [0.3, 0.4) is 0 Å². The van der Waals surface area contributed by atoms with Gasteiger partial charge in [-0.15, -0.1) is 0 Å². The van der Waals surface area contributed by atoms with Crippen LogP contribution in [0.25, 0.3) is 0 Å². The first-order valence-corrected chi connectivity index (χ1v) is 5.11. The first kappa shape index (κ1) is 10.3. The molecule has 1 amide bonds. The van der Waals surface area contributed by atoms with Gasteiger partial charge < -0.3 is 5.32 Å². The van der Waals surface area contributed by atoms with E-state index in [1.165, 1.54) is 5.57 Å². The van der Waals surface area contributed by atoms with E-state index in [0.29, 0.717) is 5.92 Å². The Labute approximate surface area is 80.4 Å². The van der Waals surface area contributed by atoms with Crippen LogP contribution in [-0.2, 0) is 4.79 Å². The number of amides is 1. The molecule has 0 heterocycles. The van der Waals surface area contributed by atoms with Crippen molar-refractivity contribution in [2.45, 2.75) is 33.1 Å². The highest BCUT2D eigenvalue weighted by molar-refractivity contribution is 5.81. The second-order valence-corrected chi connectivity index (χ2v) is 3.82. The highest BCUT2D eigenvalue weighted by Gasteiger charge is 2.24. The summed E-state index contributed by atoms with van der Waals surface area (Å²) in [5.74, 6) is 0.974. The lowest BCUT2D eigenvalue weighted by Gasteiger charge is -2.25. The highest BCUT2D eigenvalue weighted by Crippen LogP contribution is 2.30. The molecule has 0 aliphatic heterocycles. The summed E-state index contributed by atoms with van der Waals surface area (Å²) in [5.41, 5.74) is 1.32. The van der Waals surface area contributed by atoms with Gasteiger partial charge >= 0.3 is 0 Å². The third-order valence-corrected chi connectivity index (χ3v) is 2.83. The van der Waals surface area contributed by atoms with Crippen molar-refractivity contribution >= 4 is 5.91 Å². The summed E-state index contributed by atoms with van der Waals surface area (Å²) in [4.78, 5) is 11.5. The van der Waals surface area contributed by atoms with E-state index in [1.807, 2.05) is 0 Å². The summed E-state index contributed by atoms with van der Waals surface area (Å²) in [5, 5.41) is 2.73. The Kier molecular flexibility index (Phi) is 3.52. The molecular weight excluding hydrogens is 162 g/mol. The Balaban J connectivity index is 2.75. The standard InChI is InChI=1S/C11H19NO/c1-4-9-7-8(2)5-6-10(9)11(13)12-3/h7-8,10H,4-6H2,1-3H3,(H,12,13). The summed E-state index contributed by atoms with van der Waals surface area (Å²) in [6.07, 6.45) is 5.42. The van der Waals surface area contributed by atoms with E-state index >= 15 is 0 Å². The molecule has 13 heavy (non-hydrogen) atoms. The summed E-state index contributed by atoms with van der Waals surface area (Å²) >= 11 is 0. The van der Waals surface area contributed by atoms with Gasteiger partial charge in [-0.25, -0.2) is 0 Å². The van der Waals surface area contributed by atoms with E-state index in [9.17, 15) is 4.79 Å². The Hall–Kier alpha value is -0.790. The van der Waals surface area contributed by atoms with Crippen LogP contribution >= 0.6 is 0 Å². The van der Waals surface area contributed by atoms with Crippen LogP contribution in [0.15, 0.2) is 11.6 Å². The second kappa shape index (κ2) is 4.45. The lowest BCUT2D eigenvalue weighted by atomic mass is 9.81. The number of carbonyl (C=O) groups is 1. The molecule has 2 nitrogen and oxygen atoms in total. The summed E-state index contributed by atoms with van der Waals surface area (Å²) in [7, 11) is 1.72. The first-order chi connectivity index (χ1) is 6.19. The van der Waals surface area contributed by atoms with Crippen molar-refractivity contribution < 1.29 is 4.79 Å². The number of hydrogen-bond acceptors (Lipinski definition) is 1. The van der Waals surface area contributed by atoms with Gasteiger partial charge in [-0.2, -0.15) is 0 Å². The zero-order chi connectivity index (χ0) is 9.84. The molecule has 74 valence electrons. The average molecular weight is 181 g/mol. The van der Waals surface area contributed by atoms with Crippen LogP contribution in [0.5, 0.6) is 0 Å². The van der Waals surface area contributed by atoms with E-state index in [-0.39, 0.29) is 11.8 Å². The number of allylic oxidation sites excluding steroid dienone is 1. The molecule has 0 saturated heterocycles. The lowest BCUT2D eigenvalue weighted by Crippen LogP contribution is -2.30. The lowest BCUT2D eigenvalue weighted by molar-refractivity contribution is -0.123. The molecule has 0 aromatic rings. The van der Waals surface area contributed by atoms with Crippen LogP contribution in [0.2, 0.25) is 0 Å². The molecule has 0 bridgehead atoms. The quantitative estimate of drug-likeness (QED) is 0.649. The van der Waals surface area contributed by atoms with Gasteiger partial charge in [0.05, 0.1) is 5.92 Å². The van der Waals surface area contributed by atoms with E-state index in [0.717, 1.165) is 19.3 Å². The van der Waals surface area contributed by atoms with E-state index in [1.54, 1.807) is 7.05 Å². The number of rotatable bonds is 2. The molecule has 0 aromatic heterocycles. The fraction of sp³-hybridized carbons (Fsp3) is 0.727. The van der Waals surface area contributed by atoms with E-state index in [4.69, 9.17) is 0 Å². The SMILES string of the molecule is CCC1=CC(C)CCC1C(=O)NC. The third-order valence-electron chi connectivity index (χ3n) is 2.83.